The first-order valence-corrected chi connectivity index (χ1v) is 26.6. The highest BCUT2D eigenvalue weighted by Gasteiger charge is 2.59. The molecule has 0 aromatic carbocycles. The number of unbranched alkanes of at least 4 members (excludes halogenated alkanes) is 8. The molecule has 0 saturated carbocycles. The fourth-order valence-electron chi connectivity index (χ4n) is 5.78. The Labute approximate surface area is 164 Å². The molecule has 0 spiro atoms. The van der Waals surface area contributed by atoms with E-state index in [0.29, 0.717) is 0 Å². The van der Waals surface area contributed by atoms with Crippen molar-refractivity contribution in [3.05, 3.63) is 11.8 Å². The minimum Gasteiger partial charge on any atom is -0.105 e. The summed E-state index contributed by atoms with van der Waals surface area (Å²) in [5.74, 6) is 0. The lowest BCUT2D eigenvalue weighted by atomic mass is 10.1. The van der Waals surface area contributed by atoms with E-state index < -0.39 is 29.4 Å². The van der Waals surface area contributed by atoms with E-state index in [9.17, 15) is 0 Å². The molecule has 0 heterocycles. The second kappa shape index (κ2) is 10.8. The van der Waals surface area contributed by atoms with Gasteiger partial charge >= 0.3 is 0 Å². The maximum atomic E-state index is 2.92. The van der Waals surface area contributed by atoms with Gasteiger partial charge in [0.05, 0.1) is 6.63 Å². The zero-order valence-corrected chi connectivity index (χ0v) is 23.5. The lowest BCUT2D eigenvalue weighted by Gasteiger charge is -2.56. The molecule has 0 rings (SSSR count). The first-order valence-electron chi connectivity index (χ1n) is 11.0. The predicted molar refractivity (Wildman–Crippen MR) is 132 cm³/mol. The van der Waals surface area contributed by atoms with Crippen molar-refractivity contribution < 1.29 is 0 Å². The highest BCUT2D eigenvalue weighted by atomic mass is 29.9. The van der Waals surface area contributed by atoms with Gasteiger partial charge in [0.25, 0.3) is 0 Å². The van der Waals surface area contributed by atoms with E-state index in [2.05, 4.69) is 77.6 Å². The second-order valence-electron chi connectivity index (χ2n) is 11.2. The van der Waals surface area contributed by atoms with Crippen molar-refractivity contribution >= 4 is 29.4 Å². The summed E-state index contributed by atoms with van der Waals surface area (Å²) in [5.41, 5.74) is 2.92. The Bertz CT molecular complexity index is 344. The lowest BCUT2D eigenvalue weighted by molar-refractivity contribution is 0.577. The van der Waals surface area contributed by atoms with Gasteiger partial charge in [0, 0.05) is 22.8 Å². The van der Waals surface area contributed by atoms with Crippen LogP contribution in [0.2, 0.25) is 58.9 Å². The summed E-state index contributed by atoms with van der Waals surface area (Å²) in [6.07, 6.45) is 15.5. The minimum atomic E-state index is -1.25. The third-order valence-electron chi connectivity index (χ3n) is 6.14. The second-order valence-corrected chi connectivity index (χ2v) is 51.8. The van der Waals surface area contributed by atoms with Crippen LogP contribution in [-0.2, 0) is 0 Å². The van der Waals surface area contributed by atoms with Gasteiger partial charge in [0.15, 0.2) is 0 Å². The normalized spacial score (nSPS) is 14.5. The van der Waals surface area contributed by atoms with Gasteiger partial charge in [-0.3, -0.25) is 0 Å². The smallest absolute Gasteiger partial charge is 0.0593 e. The first kappa shape index (κ1) is 25.6. The maximum absolute atomic E-state index is 2.92. The van der Waals surface area contributed by atoms with E-state index in [0.717, 1.165) is 0 Å². The van der Waals surface area contributed by atoms with Gasteiger partial charge in [0.1, 0.15) is 0 Å². The molecule has 0 bridgehead atoms. The van der Waals surface area contributed by atoms with Crippen molar-refractivity contribution in [1.29, 1.82) is 0 Å². The van der Waals surface area contributed by atoms with Crippen LogP contribution in [0.4, 0.5) is 0 Å². The molecule has 25 heavy (non-hydrogen) atoms. The summed E-state index contributed by atoms with van der Waals surface area (Å²) in [6, 6.07) is 0. The van der Waals surface area contributed by atoms with Gasteiger partial charge in [-0.1, -0.05) is 117 Å². The van der Waals surface area contributed by atoms with Crippen molar-refractivity contribution in [2.75, 3.05) is 0 Å². The topological polar surface area (TPSA) is 0 Å². The Morgan fingerprint density at radius 3 is 1.24 bits per heavy atom. The van der Waals surface area contributed by atoms with Crippen molar-refractivity contribution in [1.82, 2.24) is 0 Å². The van der Waals surface area contributed by atoms with E-state index in [1.807, 2.05) is 0 Å². The molecule has 0 aliphatic rings. The SMILES string of the molecule is CCCCCCCCCC/C=C/[Si]([Si](C)(C)C)([Si](C)(C)C)[Si](C)(C)C. The van der Waals surface area contributed by atoms with Crippen molar-refractivity contribution in [3.63, 3.8) is 0 Å². The zero-order valence-electron chi connectivity index (χ0n) is 19.5. The summed E-state index contributed by atoms with van der Waals surface area (Å²) >= 11 is 0. The standard InChI is InChI=1S/C21H50Si4/c1-11-12-13-14-15-16-17-18-19-20-21-25(22(2,3)4,23(5,6)7)24(8,9)10/h20-21H,11-19H2,1-10H3/b21-20+. The van der Waals surface area contributed by atoms with Crippen LogP contribution in [0.3, 0.4) is 0 Å². The summed E-state index contributed by atoms with van der Waals surface area (Å²) in [6.45, 7) is 25.3. The van der Waals surface area contributed by atoms with Crippen molar-refractivity contribution in [3.8, 4) is 0 Å². The molecule has 0 aromatic heterocycles. The minimum absolute atomic E-state index is 1.13. The Hall–Kier alpha value is 0.608. The van der Waals surface area contributed by atoms with Crippen LogP contribution in [0.25, 0.3) is 0 Å². The molecule has 0 nitrogen and oxygen atoms in total. The van der Waals surface area contributed by atoms with Crippen molar-refractivity contribution in [2.45, 2.75) is 124 Å². The molecule has 0 radical (unpaired) electrons. The number of rotatable bonds is 13. The highest BCUT2D eigenvalue weighted by molar-refractivity contribution is 7.90. The molecule has 0 unspecified atom stereocenters. The molecule has 0 amide bonds. The van der Waals surface area contributed by atoms with E-state index >= 15 is 0 Å². The van der Waals surface area contributed by atoms with E-state index in [4.69, 9.17) is 0 Å². The molecule has 4 heteroatoms. The zero-order chi connectivity index (χ0) is 19.8. The third-order valence-corrected chi connectivity index (χ3v) is 77.3. The van der Waals surface area contributed by atoms with Crippen LogP contribution in [0.15, 0.2) is 11.8 Å². The largest absolute Gasteiger partial charge is 0.105 e. The Balaban J connectivity index is 4.72. The number of hydrogen-bond donors (Lipinski definition) is 0. The van der Waals surface area contributed by atoms with Crippen LogP contribution in [0.5, 0.6) is 0 Å². The van der Waals surface area contributed by atoms with Crippen LogP contribution in [-0.4, -0.2) is 29.4 Å². The predicted octanol–water partition coefficient (Wildman–Crippen LogP) is 8.31. The lowest BCUT2D eigenvalue weighted by Crippen LogP contribution is -2.81. The Kier molecular flexibility index (Phi) is 11.1. The maximum Gasteiger partial charge on any atom is 0.0593 e. The van der Waals surface area contributed by atoms with Gasteiger partial charge in [-0.05, 0) is 12.8 Å². The fraction of sp³-hybridized carbons (Fsp3) is 0.905. The molecule has 0 aromatic rings. The average Bonchev–Trinajstić information content (AvgIpc) is 2.40. The van der Waals surface area contributed by atoms with Crippen LogP contribution in [0.1, 0.15) is 64.7 Å². The summed E-state index contributed by atoms with van der Waals surface area (Å²) in [5, 5.41) is 0. The van der Waals surface area contributed by atoms with E-state index in [1.54, 1.807) is 0 Å². The Morgan fingerprint density at radius 2 is 0.880 bits per heavy atom. The van der Waals surface area contributed by atoms with E-state index in [1.165, 1.54) is 57.8 Å². The van der Waals surface area contributed by atoms with Gasteiger partial charge in [-0.25, -0.2) is 0 Å². The average molecular weight is 415 g/mol. The van der Waals surface area contributed by atoms with Gasteiger partial charge < -0.3 is 0 Å². The van der Waals surface area contributed by atoms with Crippen LogP contribution >= 0.6 is 0 Å². The molecule has 0 aliphatic carbocycles. The Morgan fingerprint density at radius 1 is 0.520 bits per heavy atom. The summed E-state index contributed by atoms with van der Waals surface area (Å²) < 4.78 is 0. The number of allylic oxidation sites excluding steroid dienone is 1. The third kappa shape index (κ3) is 7.63. The van der Waals surface area contributed by atoms with Crippen molar-refractivity contribution in [2.24, 2.45) is 0 Å². The van der Waals surface area contributed by atoms with E-state index in [-0.39, 0.29) is 0 Å². The molecule has 150 valence electrons. The summed E-state index contributed by atoms with van der Waals surface area (Å²) in [7, 11) is -3.38. The van der Waals surface area contributed by atoms with Gasteiger partial charge in [-0.2, -0.15) is 0 Å². The van der Waals surface area contributed by atoms with Gasteiger partial charge in [-0.15, -0.1) is 5.70 Å². The summed E-state index contributed by atoms with van der Waals surface area (Å²) in [4.78, 5) is 0. The quantitative estimate of drug-likeness (QED) is 0.210. The number of hydrogen-bond acceptors (Lipinski definition) is 0. The molecule has 0 saturated heterocycles. The highest BCUT2D eigenvalue weighted by Crippen LogP contribution is 2.38. The molecule has 0 atom stereocenters. The first-order chi connectivity index (χ1) is 11.3. The molecular weight excluding hydrogens is 365 g/mol. The van der Waals surface area contributed by atoms with Crippen LogP contribution < -0.4 is 0 Å². The molecule has 0 aliphatic heterocycles. The van der Waals surface area contributed by atoms with Gasteiger partial charge in [0.2, 0.25) is 0 Å². The molecular formula is C21H50Si4. The molecule has 0 N–H and O–H groups in total. The monoisotopic (exact) mass is 414 g/mol. The fourth-order valence-corrected chi connectivity index (χ4v) is 101. The molecule has 0 fully saturated rings. The van der Waals surface area contributed by atoms with Crippen LogP contribution in [0, 0.1) is 0 Å².